The lowest BCUT2D eigenvalue weighted by atomic mass is 10.0. The van der Waals surface area contributed by atoms with Crippen molar-refractivity contribution in [3.63, 3.8) is 0 Å². The second kappa shape index (κ2) is 9.36. The van der Waals surface area contributed by atoms with Crippen molar-refractivity contribution in [1.29, 1.82) is 0 Å². The lowest BCUT2D eigenvalue weighted by Gasteiger charge is -2.53. The molecule has 0 aliphatic carbocycles. The van der Waals surface area contributed by atoms with Crippen LogP contribution in [0.4, 0.5) is 5.13 Å². The summed E-state index contributed by atoms with van der Waals surface area (Å²) >= 11 is 3.21. The first kappa shape index (κ1) is 23.0. The molecule has 0 aromatic carbocycles. The standard InChI is InChI=1S/C18H17N7O5S3/c19-17-22-12(24-33-17)10(23-30)13(26)21-11-14(27)25-7-18(16(28)29,8-31-15(11)25)32-5-3-9-2-1-4-20-6-9/h1-6,11,15,30H,7-8H2,(H,21,26)(H,28,29)(H2,19,22,24)/t11?,15-,18?/m1/s1. The van der Waals surface area contributed by atoms with Crippen LogP contribution in [0.3, 0.4) is 0 Å². The summed E-state index contributed by atoms with van der Waals surface area (Å²) in [7, 11) is 0. The molecule has 0 bridgehead atoms. The third kappa shape index (κ3) is 4.51. The van der Waals surface area contributed by atoms with E-state index in [0.29, 0.717) is 0 Å². The first-order valence-electron chi connectivity index (χ1n) is 9.37. The Morgan fingerprint density at radius 3 is 2.91 bits per heavy atom. The minimum Gasteiger partial charge on any atom is -0.480 e. The Labute approximate surface area is 199 Å². The first-order chi connectivity index (χ1) is 15.8. The van der Waals surface area contributed by atoms with E-state index in [9.17, 15) is 24.7 Å². The van der Waals surface area contributed by atoms with Crippen molar-refractivity contribution in [1.82, 2.24) is 24.6 Å². The fourth-order valence-corrected chi connectivity index (χ4v) is 6.35. The predicted molar refractivity (Wildman–Crippen MR) is 124 cm³/mol. The zero-order chi connectivity index (χ0) is 23.6. The van der Waals surface area contributed by atoms with Crippen molar-refractivity contribution in [3.05, 3.63) is 41.3 Å². The predicted octanol–water partition coefficient (Wildman–Crippen LogP) is 0.321. The second-order valence-corrected chi connectivity index (χ2v) is 10.2. The molecular formula is C18H17N7O5S3. The van der Waals surface area contributed by atoms with Crippen LogP contribution in [0, 0.1) is 0 Å². The molecule has 2 saturated heterocycles. The molecule has 172 valence electrons. The van der Waals surface area contributed by atoms with Crippen molar-refractivity contribution >= 4 is 69.8 Å². The molecule has 12 nitrogen and oxygen atoms in total. The van der Waals surface area contributed by atoms with Crippen molar-refractivity contribution in [3.8, 4) is 0 Å². The molecule has 4 rings (SSSR count). The van der Waals surface area contributed by atoms with Gasteiger partial charge in [-0.3, -0.25) is 19.4 Å². The summed E-state index contributed by atoms with van der Waals surface area (Å²) in [6.45, 7) is -0.0155. The van der Waals surface area contributed by atoms with Crippen molar-refractivity contribution in [2.75, 3.05) is 18.0 Å². The largest absolute Gasteiger partial charge is 0.480 e. The number of carboxylic acids is 1. The van der Waals surface area contributed by atoms with E-state index in [1.807, 2.05) is 6.07 Å². The number of oxime groups is 1. The Morgan fingerprint density at radius 2 is 2.27 bits per heavy atom. The number of aliphatic carboxylic acids is 1. The van der Waals surface area contributed by atoms with Gasteiger partial charge >= 0.3 is 5.97 Å². The summed E-state index contributed by atoms with van der Waals surface area (Å²) in [6.07, 6.45) is 5.06. The highest BCUT2D eigenvalue weighted by molar-refractivity contribution is 8.06. The van der Waals surface area contributed by atoms with Crippen LogP contribution >= 0.6 is 35.1 Å². The number of nitrogens with one attached hydrogen (secondary N) is 1. The summed E-state index contributed by atoms with van der Waals surface area (Å²) in [5, 5.41) is 25.8. The van der Waals surface area contributed by atoms with Crippen LogP contribution in [-0.2, 0) is 14.4 Å². The number of aromatic nitrogens is 3. The molecule has 2 aromatic rings. The van der Waals surface area contributed by atoms with Gasteiger partial charge in [0.2, 0.25) is 17.4 Å². The number of anilines is 1. The SMILES string of the molecule is Nc1nc(C(=NO)C(=O)NC2C(=O)N3CC(SC=Cc4cccnc4)(C(=O)O)CS[C@H]23)ns1. The van der Waals surface area contributed by atoms with Gasteiger partial charge in [0.15, 0.2) is 5.13 Å². The molecule has 2 aliphatic heterocycles. The summed E-state index contributed by atoms with van der Waals surface area (Å²) in [6, 6.07) is 2.73. The maximum absolute atomic E-state index is 12.7. The molecule has 2 amide bonds. The maximum atomic E-state index is 12.7. The first-order valence-corrected chi connectivity index (χ1v) is 12.1. The summed E-state index contributed by atoms with van der Waals surface area (Å²) in [4.78, 5) is 46.5. The van der Waals surface area contributed by atoms with Crippen LogP contribution in [0.2, 0.25) is 0 Å². The number of carboxylic acid groups (broad SMARTS) is 1. The van der Waals surface area contributed by atoms with Crippen LogP contribution in [0.25, 0.3) is 6.08 Å². The maximum Gasteiger partial charge on any atom is 0.322 e. The average molecular weight is 508 g/mol. The Balaban J connectivity index is 1.41. The fraction of sp³-hybridized carbons (Fsp3) is 0.278. The van der Waals surface area contributed by atoms with E-state index in [2.05, 4.69) is 24.8 Å². The molecule has 15 heteroatoms. The molecule has 2 aliphatic rings. The molecule has 0 spiro atoms. The third-order valence-electron chi connectivity index (χ3n) is 4.94. The van der Waals surface area contributed by atoms with E-state index in [1.54, 1.807) is 29.9 Å². The number of hydrogen-bond donors (Lipinski definition) is 4. The van der Waals surface area contributed by atoms with E-state index >= 15 is 0 Å². The highest BCUT2D eigenvalue weighted by Gasteiger charge is 2.57. The van der Waals surface area contributed by atoms with Gasteiger partial charge in [0, 0.05) is 36.2 Å². The monoisotopic (exact) mass is 507 g/mol. The number of hydrogen-bond acceptors (Lipinski definition) is 12. The van der Waals surface area contributed by atoms with Crippen LogP contribution < -0.4 is 11.1 Å². The van der Waals surface area contributed by atoms with E-state index in [-0.39, 0.29) is 23.3 Å². The van der Waals surface area contributed by atoms with Gasteiger partial charge in [-0.15, -0.1) is 23.5 Å². The topological polar surface area (TPSA) is 184 Å². The molecule has 0 saturated carbocycles. The van der Waals surface area contributed by atoms with Gasteiger partial charge in [-0.1, -0.05) is 11.2 Å². The molecule has 4 heterocycles. The third-order valence-corrected chi connectivity index (χ3v) is 8.36. The lowest BCUT2D eigenvalue weighted by molar-refractivity contribution is -0.151. The molecule has 2 aromatic heterocycles. The molecule has 0 radical (unpaired) electrons. The van der Waals surface area contributed by atoms with Crippen LogP contribution in [0.1, 0.15) is 11.4 Å². The molecule has 33 heavy (non-hydrogen) atoms. The zero-order valence-electron chi connectivity index (χ0n) is 16.7. The van der Waals surface area contributed by atoms with Gasteiger partial charge in [-0.25, -0.2) is 0 Å². The lowest BCUT2D eigenvalue weighted by Crippen LogP contribution is -2.74. The quantitative estimate of drug-likeness (QED) is 0.175. The zero-order valence-corrected chi connectivity index (χ0v) is 19.1. The van der Waals surface area contributed by atoms with Crippen molar-refractivity contribution < 1.29 is 24.7 Å². The Hall–Kier alpha value is -3.17. The van der Waals surface area contributed by atoms with Gasteiger partial charge in [0.25, 0.3) is 5.91 Å². The van der Waals surface area contributed by atoms with Gasteiger partial charge in [0.1, 0.15) is 16.2 Å². The number of β-lactam (4-membered cyclic amide) rings is 1. The fourth-order valence-electron chi connectivity index (χ4n) is 3.25. The normalized spacial score (nSPS) is 24.9. The number of pyridine rings is 1. The molecular weight excluding hydrogens is 490 g/mol. The number of rotatable bonds is 7. The van der Waals surface area contributed by atoms with E-state index < -0.39 is 39.7 Å². The number of thioether (sulfide) groups is 2. The second-order valence-electron chi connectivity index (χ2n) is 7.03. The van der Waals surface area contributed by atoms with Crippen LogP contribution in [0.15, 0.2) is 35.1 Å². The van der Waals surface area contributed by atoms with Crippen LogP contribution in [0.5, 0.6) is 0 Å². The van der Waals surface area contributed by atoms with Gasteiger partial charge in [0.05, 0.1) is 0 Å². The number of carbonyl (C=O) groups is 3. The molecule has 3 atom stereocenters. The summed E-state index contributed by atoms with van der Waals surface area (Å²) in [5.41, 5.74) is 5.85. The van der Waals surface area contributed by atoms with Gasteiger partial charge in [-0.05, 0) is 23.1 Å². The number of fused-ring (bicyclic) bond motifs is 1. The Morgan fingerprint density at radius 1 is 1.45 bits per heavy atom. The summed E-state index contributed by atoms with van der Waals surface area (Å²) < 4.78 is 2.59. The van der Waals surface area contributed by atoms with E-state index in [1.165, 1.54) is 16.7 Å². The number of amides is 2. The number of nitrogens with zero attached hydrogens (tertiary/aromatic N) is 5. The number of nitrogen functional groups attached to an aromatic ring is 1. The van der Waals surface area contributed by atoms with Gasteiger partial charge < -0.3 is 26.3 Å². The van der Waals surface area contributed by atoms with Crippen molar-refractivity contribution in [2.24, 2.45) is 5.16 Å². The minimum atomic E-state index is -1.23. The minimum absolute atomic E-state index is 0.0155. The smallest absolute Gasteiger partial charge is 0.322 e. The van der Waals surface area contributed by atoms with Gasteiger partial charge in [-0.2, -0.15) is 9.36 Å². The number of carbonyl (C=O) groups excluding carboxylic acids is 2. The Kier molecular flexibility index (Phi) is 6.53. The molecule has 5 N–H and O–H groups in total. The summed E-state index contributed by atoms with van der Waals surface area (Å²) in [5.74, 6) is -2.23. The van der Waals surface area contributed by atoms with Crippen molar-refractivity contribution in [2.45, 2.75) is 16.2 Å². The average Bonchev–Trinajstić information content (AvgIpc) is 3.24. The highest BCUT2D eigenvalue weighted by Crippen LogP contribution is 2.44. The van der Waals surface area contributed by atoms with Crippen LogP contribution in [-0.4, -0.2) is 81.5 Å². The van der Waals surface area contributed by atoms with E-state index in [0.717, 1.165) is 28.9 Å². The van der Waals surface area contributed by atoms with E-state index in [4.69, 9.17) is 5.73 Å². The Bertz CT molecular complexity index is 1140. The number of nitrogens with two attached hydrogens (primary N) is 1. The molecule has 2 fully saturated rings. The molecule has 2 unspecified atom stereocenters. The highest BCUT2D eigenvalue weighted by atomic mass is 32.2.